The van der Waals surface area contributed by atoms with E-state index in [2.05, 4.69) is 64.2 Å². The predicted octanol–water partition coefficient (Wildman–Crippen LogP) is 1.88. The third kappa shape index (κ3) is 6.68. The molecule has 0 saturated carbocycles. The Balaban J connectivity index is 1.49. The Morgan fingerprint density at radius 2 is 1.61 bits per heavy atom. The van der Waals surface area contributed by atoms with E-state index in [1.165, 1.54) is 5.56 Å². The molecular formula is C24H40N6O. The van der Waals surface area contributed by atoms with E-state index in [1.807, 2.05) is 4.90 Å². The molecule has 1 aromatic carbocycles. The first-order valence-corrected chi connectivity index (χ1v) is 11.9. The molecule has 0 aromatic heterocycles. The number of nitrogens with one attached hydrogen (secondary N) is 1. The van der Waals surface area contributed by atoms with Gasteiger partial charge in [0.1, 0.15) is 0 Å². The summed E-state index contributed by atoms with van der Waals surface area (Å²) in [6, 6.07) is 11.4. The largest absolute Gasteiger partial charge is 0.357 e. The van der Waals surface area contributed by atoms with Crippen molar-refractivity contribution in [2.24, 2.45) is 4.99 Å². The summed E-state index contributed by atoms with van der Waals surface area (Å²) in [7, 11) is 0. The van der Waals surface area contributed by atoms with Crippen LogP contribution < -0.4 is 5.32 Å². The van der Waals surface area contributed by atoms with Gasteiger partial charge in [0.15, 0.2) is 5.96 Å². The Morgan fingerprint density at radius 3 is 2.19 bits per heavy atom. The van der Waals surface area contributed by atoms with Gasteiger partial charge in [0, 0.05) is 78.4 Å². The van der Waals surface area contributed by atoms with Crippen LogP contribution in [0.3, 0.4) is 0 Å². The average molecular weight is 429 g/mol. The molecule has 1 atom stereocenters. The number of amides is 1. The number of piperazine rings is 2. The quantitative estimate of drug-likeness (QED) is 0.531. The van der Waals surface area contributed by atoms with E-state index >= 15 is 0 Å². The van der Waals surface area contributed by atoms with Crippen LogP contribution in [0.1, 0.15) is 38.8 Å². The first-order chi connectivity index (χ1) is 15.1. The van der Waals surface area contributed by atoms with Crippen LogP contribution in [-0.4, -0.2) is 103 Å². The topological polar surface area (TPSA) is 54.4 Å². The maximum absolute atomic E-state index is 11.5. The summed E-state index contributed by atoms with van der Waals surface area (Å²) >= 11 is 0. The van der Waals surface area contributed by atoms with E-state index in [9.17, 15) is 4.79 Å². The molecule has 2 aliphatic rings. The van der Waals surface area contributed by atoms with Crippen molar-refractivity contribution in [2.45, 2.75) is 33.2 Å². The summed E-state index contributed by atoms with van der Waals surface area (Å²) in [4.78, 5) is 25.8. The number of benzene rings is 1. The van der Waals surface area contributed by atoms with Crippen molar-refractivity contribution >= 4 is 11.9 Å². The van der Waals surface area contributed by atoms with Crippen LogP contribution in [0.15, 0.2) is 35.3 Å². The van der Waals surface area contributed by atoms with Crippen molar-refractivity contribution in [1.82, 2.24) is 24.9 Å². The van der Waals surface area contributed by atoms with Gasteiger partial charge in [0.25, 0.3) is 0 Å². The first kappa shape index (κ1) is 23.5. The molecule has 1 aromatic rings. The summed E-state index contributed by atoms with van der Waals surface area (Å²) in [5, 5.41) is 3.49. The summed E-state index contributed by atoms with van der Waals surface area (Å²) in [5.41, 5.74) is 1.42. The summed E-state index contributed by atoms with van der Waals surface area (Å²) in [6.45, 7) is 16.4. The zero-order valence-electron chi connectivity index (χ0n) is 19.6. The van der Waals surface area contributed by atoms with Crippen LogP contribution in [0.25, 0.3) is 0 Å². The van der Waals surface area contributed by atoms with Crippen LogP contribution in [0.2, 0.25) is 0 Å². The predicted molar refractivity (Wildman–Crippen MR) is 127 cm³/mol. The lowest BCUT2D eigenvalue weighted by Crippen LogP contribution is -2.53. The second-order valence-electron chi connectivity index (χ2n) is 8.44. The number of aliphatic imine (C=N–C) groups is 1. The molecule has 1 unspecified atom stereocenters. The number of hydrogen-bond donors (Lipinski definition) is 1. The Labute approximate surface area is 188 Å². The van der Waals surface area contributed by atoms with Crippen molar-refractivity contribution in [2.75, 3.05) is 72.0 Å². The van der Waals surface area contributed by atoms with Gasteiger partial charge < -0.3 is 15.1 Å². The van der Waals surface area contributed by atoms with Gasteiger partial charge in [-0.3, -0.25) is 19.6 Å². The molecule has 3 rings (SSSR count). The Hall–Kier alpha value is -2.12. The van der Waals surface area contributed by atoms with Gasteiger partial charge in [0.05, 0.1) is 6.54 Å². The highest BCUT2D eigenvalue weighted by Gasteiger charge is 2.25. The monoisotopic (exact) mass is 428 g/mol. The fourth-order valence-electron chi connectivity index (χ4n) is 4.63. The van der Waals surface area contributed by atoms with Crippen LogP contribution in [0, 0.1) is 0 Å². The summed E-state index contributed by atoms with van der Waals surface area (Å²) < 4.78 is 0. The van der Waals surface area contributed by atoms with Crippen LogP contribution in [0.5, 0.6) is 0 Å². The molecule has 7 nitrogen and oxygen atoms in total. The fraction of sp³-hybridized carbons (Fsp3) is 0.667. The van der Waals surface area contributed by atoms with Gasteiger partial charge in [-0.25, -0.2) is 0 Å². The molecule has 0 spiro atoms. The van der Waals surface area contributed by atoms with Crippen LogP contribution in [-0.2, 0) is 4.79 Å². The van der Waals surface area contributed by atoms with Crippen molar-refractivity contribution < 1.29 is 4.79 Å². The molecule has 1 N–H and O–H groups in total. The number of nitrogens with zero attached hydrogens (tertiary/aromatic N) is 5. The van der Waals surface area contributed by atoms with Gasteiger partial charge >= 0.3 is 0 Å². The SMILES string of the molecule is CCNC(=NCCN1CCN(C(C)=O)CC1)N1CCN(C(CC)c2ccccc2)CC1. The lowest BCUT2D eigenvalue weighted by Gasteiger charge is -2.40. The molecule has 2 saturated heterocycles. The van der Waals surface area contributed by atoms with Crippen LogP contribution >= 0.6 is 0 Å². The molecule has 1 amide bonds. The molecule has 2 heterocycles. The van der Waals surface area contributed by atoms with Gasteiger partial charge in [-0.05, 0) is 18.9 Å². The van der Waals surface area contributed by atoms with E-state index in [-0.39, 0.29) is 5.91 Å². The third-order valence-corrected chi connectivity index (χ3v) is 6.46. The van der Waals surface area contributed by atoms with Crippen molar-refractivity contribution in [3.8, 4) is 0 Å². The standard InChI is InChI=1S/C24H40N6O/c1-4-23(22-9-7-6-8-10-22)29-17-19-30(20-18-29)24(25-5-2)26-11-12-27-13-15-28(16-14-27)21(3)31/h6-10,23H,4-5,11-20H2,1-3H3,(H,25,26). The summed E-state index contributed by atoms with van der Waals surface area (Å²) in [6.07, 6.45) is 1.13. The van der Waals surface area contributed by atoms with E-state index in [1.54, 1.807) is 6.92 Å². The molecule has 2 aliphatic heterocycles. The Kier molecular flexibility index (Phi) is 9.15. The van der Waals surface area contributed by atoms with Gasteiger partial charge in [0.2, 0.25) is 5.91 Å². The van der Waals surface area contributed by atoms with Gasteiger partial charge in [-0.2, -0.15) is 0 Å². The molecular weight excluding hydrogens is 388 g/mol. The van der Waals surface area contributed by atoms with Crippen molar-refractivity contribution in [1.29, 1.82) is 0 Å². The lowest BCUT2D eigenvalue weighted by atomic mass is 10.0. The molecule has 172 valence electrons. The number of carbonyl (C=O) groups excluding carboxylic acids is 1. The van der Waals surface area contributed by atoms with E-state index in [0.29, 0.717) is 6.04 Å². The summed E-state index contributed by atoms with van der Waals surface area (Å²) in [5.74, 6) is 1.22. The van der Waals surface area contributed by atoms with Gasteiger partial charge in [-0.15, -0.1) is 0 Å². The Morgan fingerprint density at radius 1 is 0.968 bits per heavy atom. The van der Waals surface area contributed by atoms with E-state index < -0.39 is 0 Å². The third-order valence-electron chi connectivity index (χ3n) is 6.46. The highest BCUT2D eigenvalue weighted by Crippen LogP contribution is 2.25. The minimum Gasteiger partial charge on any atom is -0.357 e. The fourth-order valence-corrected chi connectivity index (χ4v) is 4.63. The number of guanidine groups is 1. The second-order valence-corrected chi connectivity index (χ2v) is 8.44. The van der Waals surface area contributed by atoms with E-state index in [0.717, 1.165) is 84.4 Å². The van der Waals surface area contributed by atoms with Crippen molar-refractivity contribution in [3.05, 3.63) is 35.9 Å². The molecule has 2 fully saturated rings. The number of rotatable bonds is 7. The smallest absolute Gasteiger partial charge is 0.219 e. The molecule has 0 radical (unpaired) electrons. The molecule has 7 heteroatoms. The molecule has 0 bridgehead atoms. The minimum atomic E-state index is 0.184. The Bertz CT molecular complexity index is 693. The van der Waals surface area contributed by atoms with E-state index in [4.69, 9.17) is 4.99 Å². The minimum absolute atomic E-state index is 0.184. The second kappa shape index (κ2) is 12.1. The zero-order chi connectivity index (χ0) is 22.1. The highest BCUT2D eigenvalue weighted by atomic mass is 16.2. The van der Waals surface area contributed by atoms with Gasteiger partial charge in [-0.1, -0.05) is 37.3 Å². The van der Waals surface area contributed by atoms with Crippen LogP contribution in [0.4, 0.5) is 0 Å². The normalized spacial score (nSPS) is 20.0. The molecule has 0 aliphatic carbocycles. The maximum atomic E-state index is 11.5. The number of hydrogen-bond acceptors (Lipinski definition) is 4. The number of carbonyl (C=O) groups is 1. The molecule has 31 heavy (non-hydrogen) atoms. The zero-order valence-corrected chi connectivity index (χ0v) is 19.6. The maximum Gasteiger partial charge on any atom is 0.219 e. The highest BCUT2D eigenvalue weighted by molar-refractivity contribution is 5.80. The first-order valence-electron chi connectivity index (χ1n) is 11.9. The lowest BCUT2D eigenvalue weighted by molar-refractivity contribution is -0.130. The average Bonchev–Trinajstić information content (AvgIpc) is 2.80. The van der Waals surface area contributed by atoms with Crippen molar-refractivity contribution in [3.63, 3.8) is 0 Å².